The molecule has 0 spiro atoms. The first kappa shape index (κ1) is 23.3. The number of thioether (sulfide) groups is 1. The van der Waals surface area contributed by atoms with Gasteiger partial charge in [-0.05, 0) is 65.9 Å². The van der Waals surface area contributed by atoms with Crippen LogP contribution >= 0.6 is 11.8 Å². The number of carboxylic acids is 1. The van der Waals surface area contributed by atoms with Gasteiger partial charge in [-0.3, -0.25) is 14.7 Å². The van der Waals surface area contributed by atoms with Crippen LogP contribution in [-0.2, 0) is 11.4 Å². The summed E-state index contributed by atoms with van der Waals surface area (Å²) in [6, 6.07) is 23.6. The van der Waals surface area contributed by atoms with Gasteiger partial charge in [-0.25, -0.2) is 9.79 Å². The van der Waals surface area contributed by atoms with Crippen molar-refractivity contribution in [3.05, 3.63) is 107 Å². The normalized spacial score (nSPS) is 15.7. The van der Waals surface area contributed by atoms with Gasteiger partial charge in [0.05, 0.1) is 21.7 Å². The van der Waals surface area contributed by atoms with E-state index in [1.807, 2.05) is 54.6 Å². The molecule has 1 fully saturated rings. The Labute approximate surface area is 211 Å². The van der Waals surface area contributed by atoms with E-state index in [0.29, 0.717) is 15.8 Å². The SMILES string of the molecule is CN1C(=O)/C(=C/c2ccccc2OCc2ccc(C(=O)O)cc2)SC1=Nc1ccc2ncccc2c1. The molecule has 1 aliphatic rings. The van der Waals surface area contributed by atoms with E-state index in [9.17, 15) is 9.59 Å². The van der Waals surface area contributed by atoms with E-state index in [-0.39, 0.29) is 18.1 Å². The summed E-state index contributed by atoms with van der Waals surface area (Å²) in [5.74, 6) is -0.486. The molecule has 5 rings (SSSR count). The third kappa shape index (κ3) is 4.99. The molecular weight excluding hydrogens is 474 g/mol. The number of hydrogen-bond donors (Lipinski definition) is 1. The Morgan fingerprint density at radius 2 is 1.89 bits per heavy atom. The molecule has 0 bridgehead atoms. The number of carbonyl (C=O) groups is 2. The Morgan fingerprint density at radius 3 is 2.69 bits per heavy atom. The highest BCUT2D eigenvalue weighted by Gasteiger charge is 2.30. The molecule has 1 amide bonds. The highest BCUT2D eigenvalue weighted by atomic mass is 32.2. The Hall–Kier alpha value is -4.43. The van der Waals surface area contributed by atoms with Crippen molar-refractivity contribution in [2.45, 2.75) is 6.61 Å². The lowest BCUT2D eigenvalue weighted by Gasteiger charge is -2.10. The summed E-state index contributed by atoms with van der Waals surface area (Å²) in [6.07, 6.45) is 3.56. The van der Waals surface area contributed by atoms with Crippen molar-refractivity contribution in [1.29, 1.82) is 0 Å². The van der Waals surface area contributed by atoms with E-state index in [1.165, 1.54) is 16.7 Å². The topological polar surface area (TPSA) is 92.1 Å². The Morgan fingerprint density at radius 1 is 1.08 bits per heavy atom. The van der Waals surface area contributed by atoms with Crippen LogP contribution in [0.25, 0.3) is 17.0 Å². The van der Waals surface area contributed by atoms with Crippen LogP contribution in [-0.4, -0.2) is 39.1 Å². The molecule has 0 atom stereocenters. The number of likely N-dealkylation sites (N-methyl/N-ethyl adjacent to an activating group) is 1. The smallest absolute Gasteiger partial charge is 0.335 e. The minimum Gasteiger partial charge on any atom is -0.488 e. The van der Waals surface area contributed by atoms with Crippen LogP contribution in [0, 0.1) is 0 Å². The van der Waals surface area contributed by atoms with Crippen LogP contribution in [0.15, 0.2) is 95.0 Å². The molecule has 1 aromatic heterocycles. The fraction of sp³-hybridized carbons (Fsp3) is 0.0714. The van der Waals surface area contributed by atoms with Gasteiger partial charge in [0.25, 0.3) is 5.91 Å². The van der Waals surface area contributed by atoms with Gasteiger partial charge in [0.1, 0.15) is 12.4 Å². The van der Waals surface area contributed by atoms with Gasteiger partial charge in [0.2, 0.25) is 0 Å². The largest absolute Gasteiger partial charge is 0.488 e. The van der Waals surface area contributed by atoms with E-state index in [1.54, 1.807) is 43.6 Å². The molecule has 0 radical (unpaired) electrons. The summed E-state index contributed by atoms with van der Waals surface area (Å²) in [5.41, 5.74) is 3.47. The van der Waals surface area contributed by atoms with E-state index in [4.69, 9.17) is 14.8 Å². The summed E-state index contributed by atoms with van der Waals surface area (Å²) in [7, 11) is 1.71. The molecule has 36 heavy (non-hydrogen) atoms. The number of hydrogen-bond acceptors (Lipinski definition) is 6. The lowest BCUT2D eigenvalue weighted by Crippen LogP contribution is -2.23. The quantitative estimate of drug-likeness (QED) is 0.343. The molecule has 4 aromatic rings. The number of aliphatic imine (C=N–C) groups is 1. The number of pyridine rings is 1. The van der Waals surface area contributed by atoms with E-state index >= 15 is 0 Å². The van der Waals surface area contributed by atoms with Gasteiger partial charge in [-0.2, -0.15) is 0 Å². The summed E-state index contributed by atoms with van der Waals surface area (Å²) in [4.78, 5) is 35.1. The number of aromatic carboxylic acids is 1. The van der Waals surface area contributed by atoms with Gasteiger partial charge in [-0.1, -0.05) is 36.4 Å². The number of nitrogens with zero attached hydrogens (tertiary/aromatic N) is 3. The zero-order valence-corrected chi connectivity index (χ0v) is 20.1. The number of benzene rings is 3. The molecule has 1 aliphatic heterocycles. The van der Waals surface area contributed by atoms with E-state index in [0.717, 1.165) is 27.7 Å². The summed E-state index contributed by atoms with van der Waals surface area (Å²) in [6.45, 7) is 0.268. The van der Waals surface area contributed by atoms with E-state index in [2.05, 4.69) is 4.98 Å². The number of rotatable bonds is 6. The maximum Gasteiger partial charge on any atom is 0.335 e. The number of carboxylic acid groups (broad SMARTS) is 1. The first-order valence-electron chi connectivity index (χ1n) is 11.1. The molecular formula is C28H21N3O4S. The molecule has 0 aliphatic carbocycles. The second-order valence-corrected chi connectivity index (χ2v) is 9.09. The lowest BCUT2D eigenvalue weighted by atomic mass is 10.1. The molecule has 7 nitrogen and oxygen atoms in total. The minimum atomic E-state index is -0.969. The van der Waals surface area contributed by atoms with Crippen molar-refractivity contribution >= 4 is 51.5 Å². The second kappa shape index (κ2) is 10.1. The molecule has 8 heteroatoms. The van der Waals surface area contributed by atoms with Gasteiger partial charge in [0, 0.05) is 24.2 Å². The predicted molar refractivity (Wildman–Crippen MR) is 141 cm³/mol. The van der Waals surface area contributed by atoms with Crippen LogP contribution in [0.1, 0.15) is 21.5 Å². The van der Waals surface area contributed by atoms with Crippen molar-refractivity contribution in [3.8, 4) is 5.75 Å². The van der Waals surface area contributed by atoms with Crippen molar-refractivity contribution in [2.24, 2.45) is 4.99 Å². The average molecular weight is 496 g/mol. The standard InChI is InChI=1S/C28H21N3O4S/c1-31-26(32)25(36-28(31)30-22-12-13-23-20(15-22)6-4-14-29-23)16-21-5-2-3-7-24(21)35-17-18-8-10-19(11-9-18)27(33)34/h2-16H,17H2,1H3,(H,33,34)/b25-16-,30-28?. The maximum absolute atomic E-state index is 13.0. The third-order valence-electron chi connectivity index (χ3n) is 5.62. The van der Waals surface area contributed by atoms with Crippen molar-refractivity contribution in [3.63, 3.8) is 0 Å². The van der Waals surface area contributed by atoms with Gasteiger partial charge in [-0.15, -0.1) is 0 Å². The van der Waals surface area contributed by atoms with Gasteiger partial charge in [0.15, 0.2) is 5.17 Å². The number of para-hydroxylation sites is 1. The van der Waals surface area contributed by atoms with Crippen LogP contribution in [0.3, 0.4) is 0 Å². The molecule has 1 N–H and O–H groups in total. The van der Waals surface area contributed by atoms with Gasteiger partial charge >= 0.3 is 5.97 Å². The number of amidine groups is 1. The summed E-state index contributed by atoms with van der Waals surface area (Å²) >= 11 is 1.31. The molecule has 0 unspecified atom stereocenters. The first-order valence-corrected chi connectivity index (χ1v) is 11.9. The highest BCUT2D eigenvalue weighted by Crippen LogP contribution is 2.35. The summed E-state index contributed by atoms with van der Waals surface area (Å²) in [5, 5.41) is 10.6. The van der Waals surface area contributed by atoms with Crippen LogP contribution in [0.4, 0.5) is 5.69 Å². The van der Waals surface area contributed by atoms with E-state index < -0.39 is 5.97 Å². The Bertz CT molecular complexity index is 1530. The average Bonchev–Trinajstić information content (AvgIpc) is 3.16. The van der Waals surface area contributed by atoms with Crippen molar-refractivity contribution < 1.29 is 19.4 Å². The fourth-order valence-corrected chi connectivity index (χ4v) is 4.65. The molecule has 0 saturated carbocycles. The Kier molecular flexibility index (Phi) is 6.51. The Balaban J connectivity index is 1.35. The number of amides is 1. The first-order chi connectivity index (χ1) is 17.5. The molecule has 178 valence electrons. The third-order valence-corrected chi connectivity index (χ3v) is 6.68. The van der Waals surface area contributed by atoms with Gasteiger partial charge < -0.3 is 9.84 Å². The lowest BCUT2D eigenvalue weighted by molar-refractivity contribution is -0.121. The second-order valence-electron chi connectivity index (χ2n) is 8.08. The van der Waals surface area contributed by atoms with Crippen LogP contribution in [0.5, 0.6) is 5.75 Å². The molecule has 2 heterocycles. The minimum absolute atomic E-state index is 0.139. The fourth-order valence-electron chi connectivity index (χ4n) is 3.67. The number of carbonyl (C=O) groups excluding carboxylic acids is 1. The molecule has 3 aromatic carbocycles. The highest BCUT2D eigenvalue weighted by molar-refractivity contribution is 8.18. The molecule has 1 saturated heterocycles. The zero-order chi connectivity index (χ0) is 25.1. The number of aromatic nitrogens is 1. The van der Waals surface area contributed by atoms with Crippen LogP contribution in [0.2, 0.25) is 0 Å². The summed E-state index contributed by atoms with van der Waals surface area (Å²) < 4.78 is 6.00. The number of fused-ring (bicyclic) bond motifs is 1. The number of ether oxygens (including phenoxy) is 1. The van der Waals surface area contributed by atoms with Crippen molar-refractivity contribution in [2.75, 3.05) is 7.05 Å². The predicted octanol–water partition coefficient (Wildman–Crippen LogP) is 5.75. The zero-order valence-electron chi connectivity index (χ0n) is 19.3. The van der Waals surface area contributed by atoms with Crippen LogP contribution < -0.4 is 4.74 Å². The maximum atomic E-state index is 13.0. The van der Waals surface area contributed by atoms with Crippen molar-refractivity contribution in [1.82, 2.24) is 9.88 Å². The monoisotopic (exact) mass is 495 g/mol.